The normalized spacial score (nSPS) is 19.4. The summed E-state index contributed by atoms with van der Waals surface area (Å²) >= 11 is 0. The summed E-state index contributed by atoms with van der Waals surface area (Å²) in [4.78, 5) is 116. The largest absolute Gasteiger partial charge is 0.481 e. The van der Waals surface area contributed by atoms with E-state index in [4.69, 9.17) is 43.5 Å². The number of hydrogen-bond donors (Lipinski definition) is 1. The van der Waals surface area contributed by atoms with E-state index in [1.54, 1.807) is 20.8 Å². The van der Waals surface area contributed by atoms with Gasteiger partial charge in [-0.15, -0.1) is 0 Å². The number of rotatable bonds is 12. The summed E-state index contributed by atoms with van der Waals surface area (Å²) in [6, 6.07) is 1.94. The van der Waals surface area contributed by atoms with Crippen molar-refractivity contribution in [2.45, 2.75) is 322 Å². The maximum absolute atomic E-state index is 12.4. The lowest BCUT2D eigenvalue weighted by Gasteiger charge is -2.41. The summed E-state index contributed by atoms with van der Waals surface area (Å²) in [5, 5.41) is 17.1. The third-order valence-corrected chi connectivity index (χ3v) is 21.3. The molecule has 92 heavy (non-hydrogen) atoms. The van der Waals surface area contributed by atoms with Gasteiger partial charge in [-0.3, -0.25) is 43.2 Å². The molecule has 2 saturated heterocycles. The summed E-state index contributed by atoms with van der Waals surface area (Å²) in [7, 11) is 0. The highest BCUT2D eigenvalue weighted by Crippen LogP contribution is 2.45. The fraction of sp³-hybridized carbons (Fsp3) is 0.849. The highest BCUT2D eigenvalue weighted by atomic mass is 16.7. The number of Topliss-reactive ketones (excluding diaryl/α,β-unsaturated/α-hetero) is 2. The quantitative estimate of drug-likeness (QED) is 0.108. The SMILES string of the molecule is CC(C)(C)C(C)(C)C(=O)O.CC(C)(C)C(C)(C)C(=O)OC1CCC(=O)CC1.CC(C)(C)C(C)(C)C(=O)OC1CCOC1=O.CC(C)(C)C(C)(C)C(=O)OCCC#N.CC1(OC(=O)C(C)(C)C(C)(C)C)CCC(=O)CC1.CC1(OC(=O)C(C)(C)C(C)(C)C)CCC(=O)O1. The van der Waals surface area contributed by atoms with Crippen LogP contribution in [0.3, 0.4) is 0 Å². The van der Waals surface area contributed by atoms with Gasteiger partial charge in [0, 0.05) is 45.4 Å². The van der Waals surface area contributed by atoms with Crippen molar-refractivity contribution in [3.05, 3.63) is 0 Å². The molecule has 0 bridgehead atoms. The molecule has 1 N–H and O–H groups in total. The number of ether oxygens (including phenoxy) is 7. The van der Waals surface area contributed by atoms with Crippen LogP contribution in [0.25, 0.3) is 0 Å². The number of ketones is 2. The number of nitrogens with zero attached hydrogens (tertiary/aromatic N) is 1. The number of nitriles is 1. The van der Waals surface area contributed by atoms with E-state index in [-0.39, 0.29) is 99.0 Å². The summed E-state index contributed by atoms with van der Waals surface area (Å²) in [5.41, 5.74) is -4.97. The van der Waals surface area contributed by atoms with E-state index >= 15 is 0 Å². The zero-order chi connectivity index (χ0) is 73.5. The fourth-order valence-corrected chi connectivity index (χ4v) is 6.99. The molecule has 532 valence electrons. The van der Waals surface area contributed by atoms with Gasteiger partial charge < -0.3 is 38.3 Å². The van der Waals surface area contributed by atoms with Crippen LogP contribution in [-0.2, 0) is 81.1 Å². The smallest absolute Gasteiger partial charge is 0.347 e. The predicted molar refractivity (Wildman–Crippen MR) is 355 cm³/mol. The van der Waals surface area contributed by atoms with Gasteiger partial charge in [-0.05, 0) is 148 Å². The van der Waals surface area contributed by atoms with Crippen LogP contribution in [0.4, 0.5) is 0 Å². The number of carboxylic acids is 1. The van der Waals surface area contributed by atoms with Crippen LogP contribution in [-0.4, -0.2) is 101 Å². The van der Waals surface area contributed by atoms with Crippen LogP contribution in [0.5, 0.6) is 0 Å². The second-order valence-electron chi connectivity index (χ2n) is 35.0. The minimum Gasteiger partial charge on any atom is -0.481 e. The van der Waals surface area contributed by atoms with Gasteiger partial charge in [-0.1, -0.05) is 125 Å². The first kappa shape index (κ1) is 88.6. The highest BCUT2D eigenvalue weighted by Gasteiger charge is 2.49. The Morgan fingerprint density at radius 2 is 0.815 bits per heavy atom. The van der Waals surface area contributed by atoms with Gasteiger partial charge in [0.15, 0.2) is 0 Å². The maximum Gasteiger partial charge on any atom is 0.347 e. The van der Waals surface area contributed by atoms with Gasteiger partial charge in [0.1, 0.15) is 29.9 Å². The third kappa shape index (κ3) is 26.1. The highest BCUT2D eigenvalue weighted by molar-refractivity contribution is 5.84. The molecule has 2 saturated carbocycles. The standard InChI is InChI=1S/C15H26O3.C14H24O3.C13H22O4.C12H20O4.C11H19NO2.C8H16O2/c1-13(2,3)14(4,5)12(17)18-15(6)9-7-11(16)8-10-15;1-13(2,3)14(4,5)12(16)17-11-8-6-10(15)7-9-11;1-11(2,3)12(4,5)10(15)17-13(6)8-7-9(14)16-13;1-11(2,3)12(4,5)10(14)16-8-6-7-15-9(8)13;1-10(2,3)11(4,5)9(13)14-8-6-7-12;1-7(2,3)8(4,5)6(9)10/h7-10H2,1-6H3;11H,6-9H2,1-5H3;7-8H2,1-6H3;8H,6-7H2,1-5H3;6,8H2,1-5H3;1-5H3,(H,9,10). The van der Waals surface area contributed by atoms with E-state index in [9.17, 15) is 47.9 Å². The summed E-state index contributed by atoms with van der Waals surface area (Å²) in [6.07, 6.45) is 5.50. The Balaban J connectivity index is 0. The molecule has 4 aliphatic rings. The number of hydrogen-bond acceptors (Lipinski definition) is 18. The molecule has 2 heterocycles. The van der Waals surface area contributed by atoms with Gasteiger partial charge >= 0.3 is 47.8 Å². The van der Waals surface area contributed by atoms with Crippen molar-refractivity contribution in [1.82, 2.24) is 0 Å². The van der Waals surface area contributed by atoms with Crippen LogP contribution >= 0.6 is 0 Å². The molecule has 0 aromatic carbocycles. The number of carbonyl (C=O) groups is 10. The van der Waals surface area contributed by atoms with E-state index in [0.717, 1.165) is 0 Å². The Hall–Kier alpha value is -5.41. The first-order valence-electron chi connectivity index (χ1n) is 32.8. The Morgan fingerprint density at radius 1 is 0.467 bits per heavy atom. The molecule has 2 atom stereocenters. The average molecular weight is 1310 g/mol. The lowest BCUT2D eigenvalue weighted by atomic mass is 9.69. The minimum absolute atomic E-state index is 0.0678. The molecular formula is C73H127NO18. The molecule has 0 radical (unpaired) electrons. The van der Waals surface area contributed by atoms with Gasteiger partial charge in [0.2, 0.25) is 6.10 Å². The number of aliphatic carboxylic acids is 1. The van der Waals surface area contributed by atoms with E-state index in [1.807, 2.05) is 207 Å². The van der Waals surface area contributed by atoms with Crippen molar-refractivity contribution < 1.29 is 86.2 Å². The molecule has 0 spiro atoms. The Labute approximate surface area is 555 Å². The fourth-order valence-electron chi connectivity index (χ4n) is 6.99. The zero-order valence-corrected chi connectivity index (χ0v) is 63.4. The molecule has 19 nitrogen and oxygen atoms in total. The average Bonchev–Trinajstić information content (AvgIpc) is 1.18. The lowest BCUT2D eigenvalue weighted by molar-refractivity contribution is -0.218. The van der Waals surface area contributed by atoms with Gasteiger partial charge in [-0.25, -0.2) is 4.79 Å². The van der Waals surface area contributed by atoms with E-state index in [0.29, 0.717) is 77.2 Å². The predicted octanol–water partition coefficient (Wildman–Crippen LogP) is 15.8. The lowest BCUT2D eigenvalue weighted by Crippen LogP contribution is -2.45. The topological polar surface area (TPSA) is 279 Å². The van der Waals surface area contributed by atoms with Crippen molar-refractivity contribution in [3.8, 4) is 6.07 Å². The molecular weight excluding hydrogens is 1180 g/mol. The number of carboxylic acid groups (broad SMARTS) is 1. The molecule has 4 fully saturated rings. The summed E-state index contributed by atoms with van der Waals surface area (Å²) in [6.45, 7) is 62.3. The van der Waals surface area contributed by atoms with Crippen molar-refractivity contribution in [1.29, 1.82) is 5.26 Å². The second-order valence-corrected chi connectivity index (χ2v) is 35.0. The monoisotopic (exact) mass is 1310 g/mol. The van der Waals surface area contributed by atoms with Gasteiger partial charge in [0.25, 0.3) is 5.79 Å². The molecule has 4 rings (SSSR count). The number of cyclic esters (lactones) is 2. The molecule has 0 amide bonds. The Morgan fingerprint density at radius 3 is 1.13 bits per heavy atom. The maximum atomic E-state index is 12.4. The van der Waals surface area contributed by atoms with Gasteiger partial charge in [0.05, 0.1) is 58.0 Å². The molecule has 2 unspecified atom stereocenters. The van der Waals surface area contributed by atoms with Crippen molar-refractivity contribution >= 4 is 59.3 Å². The molecule has 19 heteroatoms. The first-order chi connectivity index (χ1) is 40.7. The Bertz CT molecular complexity index is 2560. The van der Waals surface area contributed by atoms with Crippen molar-refractivity contribution in [2.75, 3.05) is 13.2 Å². The van der Waals surface area contributed by atoms with E-state index in [1.165, 1.54) is 0 Å². The van der Waals surface area contributed by atoms with E-state index in [2.05, 4.69) is 0 Å². The molecule has 0 aromatic rings. The first-order valence-corrected chi connectivity index (χ1v) is 32.8. The third-order valence-electron chi connectivity index (χ3n) is 21.3. The molecule has 2 aliphatic heterocycles. The van der Waals surface area contributed by atoms with Crippen LogP contribution < -0.4 is 0 Å². The van der Waals surface area contributed by atoms with Crippen molar-refractivity contribution in [3.63, 3.8) is 0 Å². The van der Waals surface area contributed by atoms with Crippen LogP contribution in [0.1, 0.15) is 299 Å². The van der Waals surface area contributed by atoms with Crippen LogP contribution in [0.2, 0.25) is 0 Å². The molecule has 0 aromatic heterocycles. The van der Waals surface area contributed by atoms with Crippen LogP contribution in [0, 0.1) is 76.3 Å². The van der Waals surface area contributed by atoms with Crippen LogP contribution in [0.15, 0.2) is 0 Å². The molecule has 2 aliphatic carbocycles. The zero-order valence-electron chi connectivity index (χ0n) is 63.4. The summed E-state index contributed by atoms with van der Waals surface area (Å²) < 4.78 is 36.7. The van der Waals surface area contributed by atoms with E-state index < -0.39 is 61.9 Å². The van der Waals surface area contributed by atoms with Crippen molar-refractivity contribution in [2.24, 2.45) is 65.0 Å². The Kier molecular flexibility index (Phi) is 31.6. The summed E-state index contributed by atoms with van der Waals surface area (Å²) in [5.74, 6) is -3.23. The second kappa shape index (κ2) is 32.8. The van der Waals surface area contributed by atoms with Gasteiger partial charge in [-0.2, -0.15) is 5.26 Å². The number of esters is 7. The number of carbonyl (C=O) groups excluding carboxylic acids is 9. The minimum atomic E-state index is -1.09.